The van der Waals surface area contributed by atoms with Crippen LogP contribution in [0, 0.1) is 0 Å². The standard InChI is InChI=1S/C31H21BrN2O2/c32-23-18-16-21(17-19-23)20-26-27-28(22-10-4-1-5-11-22)33(24-12-6-2-7-13-24)31(36)29(27)34(30(26)35)25-14-8-3-9-15-25/h1-20,28H/b26-20-. The Morgan fingerprint density at radius 1 is 0.639 bits per heavy atom. The van der Waals surface area contributed by atoms with E-state index < -0.39 is 6.04 Å². The van der Waals surface area contributed by atoms with E-state index in [9.17, 15) is 9.59 Å². The van der Waals surface area contributed by atoms with Gasteiger partial charge in [0.1, 0.15) is 5.70 Å². The molecule has 0 aromatic heterocycles. The van der Waals surface area contributed by atoms with E-state index in [2.05, 4.69) is 15.9 Å². The number of benzene rings is 4. The fourth-order valence-corrected chi connectivity index (χ4v) is 5.19. The molecule has 0 bridgehead atoms. The Bertz CT molecular complexity index is 1510. The second-order valence-electron chi connectivity index (χ2n) is 8.67. The van der Waals surface area contributed by atoms with Crippen molar-refractivity contribution in [1.29, 1.82) is 0 Å². The molecule has 1 unspecified atom stereocenters. The maximum Gasteiger partial charge on any atom is 0.276 e. The molecule has 1 atom stereocenters. The van der Waals surface area contributed by atoms with E-state index in [1.807, 2.05) is 121 Å². The number of hydrogen-bond acceptors (Lipinski definition) is 2. The van der Waals surface area contributed by atoms with Gasteiger partial charge in [0.15, 0.2) is 0 Å². The number of amides is 2. The van der Waals surface area contributed by atoms with Crippen LogP contribution >= 0.6 is 15.9 Å². The van der Waals surface area contributed by atoms with Gasteiger partial charge in [0.2, 0.25) is 0 Å². The molecule has 2 aliphatic rings. The summed E-state index contributed by atoms with van der Waals surface area (Å²) in [7, 11) is 0. The highest BCUT2D eigenvalue weighted by atomic mass is 79.9. The minimum absolute atomic E-state index is 0.193. The first-order chi connectivity index (χ1) is 17.6. The van der Waals surface area contributed by atoms with E-state index in [1.54, 1.807) is 9.80 Å². The Labute approximate surface area is 217 Å². The molecule has 0 saturated carbocycles. The number of rotatable bonds is 4. The molecule has 4 aromatic rings. The summed E-state index contributed by atoms with van der Waals surface area (Å²) < 4.78 is 0.960. The first-order valence-electron chi connectivity index (χ1n) is 11.7. The highest BCUT2D eigenvalue weighted by Gasteiger charge is 2.52. The van der Waals surface area contributed by atoms with Crippen LogP contribution in [0.15, 0.2) is 137 Å². The van der Waals surface area contributed by atoms with Crippen LogP contribution in [0.3, 0.4) is 0 Å². The predicted molar refractivity (Wildman–Crippen MR) is 146 cm³/mol. The molecule has 36 heavy (non-hydrogen) atoms. The van der Waals surface area contributed by atoms with Crippen LogP contribution in [0.5, 0.6) is 0 Å². The number of carbonyl (C=O) groups excluding carboxylic acids is 2. The largest absolute Gasteiger partial charge is 0.295 e. The first kappa shape index (κ1) is 22.3. The minimum Gasteiger partial charge on any atom is -0.295 e. The van der Waals surface area contributed by atoms with E-state index in [4.69, 9.17) is 0 Å². The van der Waals surface area contributed by atoms with E-state index in [1.165, 1.54) is 0 Å². The zero-order valence-electron chi connectivity index (χ0n) is 19.2. The summed E-state index contributed by atoms with van der Waals surface area (Å²) in [4.78, 5) is 31.6. The van der Waals surface area contributed by atoms with Crippen LogP contribution in [-0.2, 0) is 9.59 Å². The Morgan fingerprint density at radius 3 is 1.81 bits per heavy atom. The van der Waals surface area contributed by atoms with Gasteiger partial charge in [-0.1, -0.05) is 94.8 Å². The molecule has 2 amide bonds. The molecule has 0 radical (unpaired) electrons. The quantitative estimate of drug-likeness (QED) is 0.267. The average molecular weight is 533 g/mol. The van der Waals surface area contributed by atoms with Crippen molar-refractivity contribution >= 4 is 45.2 Å². The number of para-hydroxylation sites is 2. The topological polar surface area (TPSA) is 40.6 Å². The third-order valence-corrected chi connectivity index (χ3v) is 7.03. The van der Waals surface area contributed by atoms with Crippen molar-refractivity contribution in [2.24, 2.45) is 0 Å². The molecular weight excluding hydrogens is 512 g/mol. The minimum atomic E-state index is -0.435. The molecule has 2 aliphatic heterocycles. The summed E-state index contributed by atoms with van der Waals surface area (Å²) in [6, 6.07) is 36.3. The zero-order chi connectivity index (χ0) is 24.6. The Kier molecular flexibility index (Phi) is 5.62. The summed E-state index contributed by atoms with van der Waals surface area (Å²) in [6.45, 7) is 0. The van der Waals surface area contributed by atoms with Crippen molar-refractivity contribution in [2.75, 3.05) is 9.80 Å². The van der Waals surface area contributed by atoms with Crippen molar-refractivity contribution in [2.45, 2.75) is 6.04 Å². The molecule has 0 saturated heterocycles. The van der Waals surface area contributed by atoms with Crippen LogP contribution in [-0.4, -0.2) is 11.8 Å². The summed E-state index contributed by atoms with van der Waals surface area (Å²) in [5, 5.41) is 0. The lowest BCUT2D eigenvalue weighted by atomic mass is 9.93. The summed E-state index contributed by atoms with van der Waals surface area (Å²) in [6.07, 6.45) is 1.89. The number of nitrogens with zero attached hydrogens (tertiary/aromatic N) is 2. The van der Waals surface area contributed by atoms with Crippen molar-refractivity contribution in [1.82, 2.24) is 0 Å². The summed E-state index contributed by atoms with van der Waals surface area (Å²) >= 11 is 3.48. The molecule has 174 valence electrons. The molecule has 0 aliphatic carbocycles. The number of anilines is 2. The van der Waals surface area contributed by atoms with Crippen LogP contribution in [0.4, 0.5) is 11.4 Å². The van der Waals surface area contributed by atoms with Crippen molar-refractivity contribution in [3.05, 3.63) is 148 Å². The van der Waals surface area contributed by atoms with Crippen LogP contribution in [0.2, 0.25) is 0 Å². The molecule has 5 heteroatoms. The molecule has 0 N–H and O–H groups in total. The number of carbonyl (C=O) groups is 2. The van der Waals surface area contributed by atoms with Gasteiger partial charge in [0, 0.05) is 27.0 Å². The lowest BCUT2D eigenvalue weighted by Gasteiger charge is -2.30. The van der Waals surface area contributed by atoms with Crippen molar-refractivity contribution < 1.29 is 9.59 Å². The Balaban J connectivity index is 1.61. The Morgan fingerprint density at radius 2 is 1.19 bits per heavy atom. The van der Waals surface area contributed by atoms with E-state index in [0.717, 1.165) is 26.9 Å². The molecule has 4 nitrogen and oxygen atoms in total. The first-order valence-corrected chi connectivity index (χ1v) is 12.5. The lowest BCUT2D eigenvalue weighted by molar-refractivity contribution is -0.118. The molecule has 2 heterocycles. The molecule has 4 aromatic carbocycles. The predicted octanol–water partition coefficient (Wildman–Crippen LogP) is 6.92. The zero-order valence-corrected chi connectivity index (χ0v) is 20.8. The van der Waals surface area contributed by atoms with Gasteiger partial charge in [-0.15, -0.1) is 0 Å². The van der Waals surface area contributed by atoms with Crippen molar-refractivity contribution in [3.63, 3.8) is 0 Å². The second-order valence-corrected chi connectivity index (χ2v) is 9.59. The van der Waals surface area contributed by atoms with Gasteiger partial charge < -0.3 is 0 Å². The van der Waals surface area contributed by atoms with E-state index >= 15 is 0 Å². The van der Waals surface area contributed by atoms with Gasteiger partial charge >= 0.3 is 0 Å². The van der Waals surface area contributed by atoms with Crippen LogP contribution < -0.4 is 9.80 Å². The fraction of sp³-hybridized carbons (Fsp3) is 0.0323. The third-order valence-electron chi connectivity index (χ3n) is 6.50. The smallest absolute Gasteiger partial charge is 0.276 e. The monoisotopic (exact) mass is 532 g/mol. The van der Waals surface area contributed by atoms with Gasteiger partial charge in [-0.2, -0.15) is 0 Å². The molecular formula is C31H21BrN2O2. The molecule has 0 fully saturated rings. The Hall–Kier alpha value is -4.22. The fourth-order valence-electron chi connectivity index (χ4n) is 4.93. The van der Waals surface area contributed by atoms with E-state index in [-0.39, 0.29) is 11.8 Å². The highest BCUT2D eigenvalue weighted by molar-refractivity contribution is 9.10. The normalized spacial score (nSPS) is 18.4. The van der Waals surface area contributed by atoms with Crippen molar-refractivity contribution in [3.8, 4) is 0 Å². The van der Waals surface area contributed by atoms with Crippen LogP contribution in [0.1, 0.15) is 17.2 Å². The van der Waals surface area contributed by atoms with Gasteiger partial charge in [0.05, 0.1) is 6.04 Å². The lowest BCUT2D eigenvalue weighted by Crippen LogP contribution is -2.38. The second kappa shape index (κ2) is 9.10. The van der Waals surface area contributed by atoms with Gasteiger partial charge in [-0.05, 0) is 53.6 Å². The van der Waals surface area contributed by atoms with Gasteiger partial charge in [-0.3, -0.25) is 19.4 Å². The highest BCUT2D eigenvalue weighted by Crippen LogP contribution is 2.50. The maximum atomic E-state index is 14.2. The number of hydrogen-bond donors (Lipinski definition) is 0. The average Bonchev–Trinajstić information content (AvgIpc) is 3.37. The van der Waals surface area contributed by atoms with E-state index in [0.29, 0.717) is 17.0 Å². The summed E-state index contributed by atoms with van der Waals surface area (Å²) in [5.41, 5.74) is 4.96. The SMILES string of the molecule is O=C1/C(=C\c2ccc(Br)cc2)C2=C(C(=O)N(c3ccccc3)C2c2ccccc2)N1c1ccccc1. The summed E-state index contributed by atoms with van der Waals surface area (Å²) in [5.74, 6) is -0.391. The number of halogens is 1. The van der Waals surface area contributed by atoms with Crippen LogP contribution in [0.25, 0.3) is 6.08 Å². The molecule has 0 spiro atoms. The van der Waals surface area contributed by atoms with Gasteiger partial charge in [-0.25, -0.2) is 0 Å². The van der Waals surface area contributed by atoms with Gasteiger partial charge in [0.25, 0.3) is 11.8 Å². The molecule has 6 rings (SSSR count). The third kappa shape index (κ3) is 3.69. The maximum absolute atomic E-state index is 14.2.